The Morgan fingerprint density at radius 2 is 1.22 bits per heavy atom. The van der Waals surface area contributed by atoms with Gasteiger partial charge in [0, 0.05) is 13.7 Å². The molecule has 0 amide bonds. The first-order valence-corrected chi connectivity index (χ1v) is 8.62. The average Bonchev–Trinajstić information content (AvgIpc) is 2.58. The monoisotopic (exact) mass is 316 g/mol. The van der Waals surface area contributed by atoms with Crippen molar-refractivity contribution in [3.63, 3.8) is 0 Å². The molecule has 2 aromatic carbocycles. The molecule has 0 N–H and O–H groups in total. The largest absolute Gasteiger partial charge is 0.494 e. The highest BCUT2D eigenvalue weighted by molar-refractivity contribution is 5.85. The Morgan fingerprint density at radius 1 is 0.696 bits per heavy atom. The lowest BCUT2D eigenvalue weighted by Gasteiger charge is -2.09. The molecule has 126 valence electrons. The van der Waals surface area contributed by atoms with Gasteiger partial charge in [-0.3, -0.25) is 0 Å². The Balaban J connectivity index is 1.87. The van der Waals surface area contributed by atoms with Gasteiger partial charge in [-0.2, -0.15) is 0 Å². The molecule has 0 fully saturated rings. The van der Waals surface area contributed by atoms with Crippen LogP contribution in [0.3, 0.4) is 0 Å². The zero-order valence-electron chi connectivity index (χ0n) is 14.3. The molecule has 0 saturated carbocycles. The summed E-state index contributed by atoms with van der Waals surface area (Å²) in [6, 6.07) is 12.5. The van der Waals surface area contributed by atoms with E-state index >= 15 is 0 Å². The summed E-state index contributed by atoms with van der Waals surface area (Å²) in [5.41, 5.74) is 0. The molecule has 23 heavy (non-hydrogen) atoms. The fourth-order valence-electron chi connectivity index (χ4n) is 2.46. The zero-order valence-corrected chi connectivity index (χ0v) is 14.3. The van der Waals surface area contributed by atoms with Crippen LogP contribution >= 0.6 is 0 Å². The van der Waals surface area contributed by atoms with Gasteiger partial charge in [-0.15, -0.1) is 0 Å². The number of fused-ring (bicyclic) bond motifs is 1. The van der Waals surface area contributed by atoms with Crippen molar-refractivity contribution >= 4 is 10.8 Å². The van der Waals surface area contributed by atoms with Crippen molar-refractivity contribution in [1.29, 1.82) is 0 Å². The lowest BCUT2D eigenvalue weighted by atomic mass is 10.1. The number of hydrogen-bond donors (Lipinski definition) is 0. The standard InChI is InChI=1S/C20H28O3/c1-3-4-5-13-22-19-10-8-18-16-20(11-9-17(18)15-19)23-14-7-6-12-21-2/h8-11,15-16H,3-7,12-14H2,1-2H3. The van der Waals surface area contributed by atoms with E-state index in [0.29, 0.717) is 0 Å². The molecule has 0 atom stereocenters. The first-order valence-electron chi connectivity index (χ1n) is 8.62. The maximum absolute atomic E-state index is 5.81. The number of ether oxygens (including phenoxy) is 3. The maximum Gasteiger partial charge on any atom is 0.119 e. The second-order valence-corrected chi connectivity index (χ2v) is 5.77. The molecule has 3 nitrogen and oxygen atoms in total. The summed E-state index contributed by atoms with van der Waals surface area (Å²) >= 11 is 0. The minimum atomic E-state index is 0.730. The average molecular weight is 316 g/mol. The van der Waals surface area contributed by atoms with Crippen LogP contribution in [0.2, 0.25) is 0 Å². The predicted octanol–water partition coefficient (Wildman–Crippen LogP) is 5.21. The van der Waals surface area contributed by atoms with Gasteiger partial charge >= 0.3 is 0 Å². The summed E-state index contributed by atoms with van der Waals surface area (Å²) < 4.78 is 16.6. The Hall–Kier alpha value is -1.74. The number of unbranched alkanes of at least 4 members (excludes halogenated alkanes) is 3. The van der Waals surface area contributed by atoms with E-state index in [9.17, 15) is 0 Å². The highest BCUT2D eigenvalue weighted by Gasteiger charge is 2.01. The molecule has 0 heterocycles. The molecule has 0 aromatic heterocycles. The van der Waals surface area contributed by atoms with Crippen LogP contribution in [0.4, 0.5) is 0 Å². The summed E-state index contributed by atoms with van der Waals surface area (Å²) in [6.45, 7) is 4.52. The van der Waals surface area contributed by atoms with Crippen LogP contribution in [0.15, 0.2) is 36.4 Å². The second kappa shape index (κ2) is 10.1. The van der Waals surface area contributed by atoms with Crippen molar-refractivity contribution in [3.8, 4) is 11.5 Å². The van der Waals surface area contributed by atoms with Crippen molar-refractivity contribution in [2.45, 2.75) is 39.0 Å². The SMILES string of the molecule is CCCCCOc1ccc2cc(OCCCCOC)ccc2c1. The van der Waals surface area contributed by atoms with Crippen molar-refractivity contribution in [2.75, 3.05) is 26.9 Å². The third kappa shape index (κ3) is 6.11. The Labute approximate surface area is 139 Å². The van der Waals surface area contributed by atoms with Crippen molar-refractivity contribution in [3.05, 3.63) is 36.4 Å². The molecule has 2 aromatic rings. The summed E-state index contributed by atoms with van der Waals surface area (Å²) in [5.74, 6) is 1.87. The summed E-state index contributed by atoms with van der Waals surface area (Å²) in [5, 5.41) is 2.37. The Kier molecular flexibility index (Phi) is 7.74. The van der Waals surface area contributed by atoms with E-state index in [-0.39, 0.29) is 0 Å². The molecular formula is C20H28O3. The van der Waals surface area contributed by atoms with Crippen molar-refractivity contribution in [2.24, 2.45) is 0 Å². The lowest BCUT2D eigenvalue weighted by Crippen LogP contribution is -1.99. The molecule has 0 aliphatic rings. The van der Waals surface area contributed by atoms with Gasteiger partial charge in [0.15, 0.2) is 0 Å². The quantitative estimate of drug-likeness (QED) is 0.532. The molecule has 0 aliphatic heterocycles. The Bertz CT molecular complexity index is 580. The van der Waals surface area contributed by atoms with Gasteiger partial charge in [0.2, 0.25) is 0 Å². The smallest absolute Gasteiger partial charge is 0.119 e. The number of rotatable bonds is 11. The van der Waals surface area contributed by atoms with Crippen LogP contribution in [-0.4, -0.2) is 26.9 Å². The van der Waals surface area contributed by atoms with E-state index in [4.69, 9.17) is 14.2 Å². The third-order valence-electron chi connectivity index (χ3n) is 3.81. The van der Waals surface area contributed by atoms with E-state index < -0.39 is 0 Å². The van der Waals surface area contributed by atoms with Crippen LogP contribution in [-0.2, 0) is 4.74 Å². The molecule has 0 unspecified atom stereocenters. The van der Waals surface area contributed by atoms with E-state index in [2.05, 4.69) is 31.2 Å². The molecule has 0 bridgehead atoms. The van der Waals surface area contributed by atoms with Crippen LogP contribution in [0.1, 0.15) is 39.0 Å². The summed E-state index contributed by atoms with van der Waals surface area (Å²) in [4.78, 5) is 0. The summed E-state index contributed by atoms with van der Waals surface area (Å²) in [6.07, 6.45) is 5.59. The van der Waals surface area contributed by atoms with Gasteiger partial charge in [-0.25, -0.2) is 0 Å². The van der Waals surface area contributed by atoms with Gasteiger partial charge in [-0.1, -0.05) is 31.9 Å². The van der Waals surface area contributed by atoms with Crippen molar-refractivity contribution in [1.82, 2.24) is 0 Å². The molecule has 0 aliphatic carbocycles. The molecule has 3 heteroatoms. The van der Waals surface area contributed by atoms with Crippen LogP contribution in [0, 0.1) is 0 Å². The molecular weight excluding hydrogens is 288 g/mol. The molecule has 0 radical (unpaired) electrons. The van der Waals surface area contributed by atoms with E-state index in [0.717, 1.165) is 50.6 Å². The Morgan fingerprint density at radius 3 is 1.74 bits per heavy atom. The first kappa shape index (κ1) is 17.6. The van der Waals surface area contributed by atoms with E-state index in [1.165, 1.54) is 23.6 Å². The van der Waals surface area contributed by atoms with Crippen molar-refractivity contribution < 1.29 is 14.2 Å². The van der Waals surface area contributed by atoms with Gasteiger partial charge in [-0.05, 0) is 54.3 Å². The normalized spacial score (nSPS) is 10.9. The molecule has 2 rings (SSSR count). The minimum absolute atomic E-state index is 0.730. The molecule has 0 saturated heterocycles. The van der Waals surface area contributed by atoms with Gasteiger partial charge in [0.25, 0.3) is 0 Å². The highest BCUT2D eigenvalue weighted by Crippen LogP contribution is 2.25. The number of benzene rings is 2. The fraction of sp³-hybridized carbons (Fsp3) is 0.500. The fourth-order valence-corrected chi connectivity index (χ4v) is 2.46. The third-order valence-corrected chi connectivity index (χ3v) is 3.81. The predicted molar refractivity (Wildman–Crippen MR) is 95.6 cm³/mol. The van der Waals surface area contributed by atoms with Crippen LogP contribution < -0.4 is 9.47 Å². The lowest BCUT2D eigenvalue weighted by molar-refractivity contribution is 0.184. The highest BCUT2D eigenvalue weighted by atomic mass is 16.5. The van der Waals surface area contributed by atoms with Gasteiger partial charge in [0.05, 0.1) is 13.2 Å². The van der Waals surface area contributed by atoms with Crippen LogP contribution in [0.25, 0.3) is 10.8 Å². The molecule has 0 spiro atoms. The van der Waals surface area contributed by atoms with Crippen LogP contribution in [0.5, 0.6) is 11.5 Å². The minimum Gasteiger partial charge on any atom is -0.494 e. The zero-order chi connectivity index (χ0) is 16.3. The van der Waals surface area contributed by atoms with E-state index in [1.807, 2.05) is 12.1 Å². The first-order chi connectivity index (χ1) is 11.3. The topological polar surface area (TPSA) is 27.7 Å². The van der Waals surface area contributed by atoms with Gasteiger partial charge < -0.3 is 14.2 Å². The number of hydrogen-bond acceptors (Lipinski definition) is 3. The second-order valence-electron chi connectivity index (χ2n) is 5.77. The van der Waals surface area contributed by atoms with Gasteiger partial charge in [0.1, 0.15) is 11.5 Å². The maximum atomic E-state index is 5.81. The summed E-state index contributed by atoms with van der Waals surface area (Å²) in [7, 11) is 1.73. The van der Waals surface area contributed by atoms with E-state index in [1.54, 1.807) is 7.11 Å². The number of methoxy groups -OCH3 is 1.